The number of nitrogens with one attached hydrogen (secondary N) is 4. The number of hydrogen-bond donors (Lipinski definition) is 5. The molecule has 1 aliphatic rings. The van der Waals surface area contributed by atoms with Crippen LogP contribution in [0.25, 0.3) is 0 Å². The van der Waals surface area contributed by atoms with Crippen molar-refractivity contribution < 1.29 is 38.5 Å². The Morgan fingerprint density at radius 3 is 2.53 bits per heavy atom. The number of methoxy groups -OCH3 is 1. The van der Waals surface area contributed by atoms with Crippen LogP contribution in [0.1, 0.15) is 23.7 Å². The molecule has 0 bridgehead atoms. The third kappa shape index (κ3) is 8.10. The van der Waals surface area contributed by atoms with E-state index < -0.39 is 48.2 Å². The molecule has 0 spiro atoms. The van der Waals surface area contributed by atoms with E-state index in [-0.39, 0.29) is 37.6 Å². The lowest BCUT2D eigenvalue weighted by Gasteiger charge is -2.24. The van der Waals surface area contributed by atoms with Crippen molar-refractivity contribution in [3.05, 3.63) is 54.1 Å². The Balaban J connectivity index is 1.71. The zero-order valence-electron chi connectivity index (χ0n) is 21.2. The Morgan fingerprint density at radius 2 is 1.82 bits per heavy atom. The molecule has 1 heterocycles. The van der Waals surface area contributed by atoms with E-state index >= 15 is 0 Å². The molecule has 5 N–H and O–H groups in total. The van der Waals surface area contributed by atoms with Crippen LogP contribution in [0.3, 0.4) is 0 Å². The smallest absolute Gasteiger partial charge is 0.255 e. The van der Waals surface area contributed by atoms with Gasteiger partial charge in [-0.1, -0.05) is 12.1 Å². The Bertz CT molecular complexity index is 1120. The minimum absolute atomic E-state index is 0.0363. The van der Waals surface area contributed by atoms with Gasteiger partial charge in [0.15, 0.2) is 0 Å². The van der Waals surface area contributed by atoms with Crippen molar-refractivity contribution in [2.24, 2.45) is 0 Å². The summed E-state index contributed by atoms with van der Waals surface area (Å²) in [6.07, 6.45) is -1.68. The monoisotopic (exact) mass is 528 g/mol. The van der Waals surface area contributed by atoms with Gasteiger partial charge in [-0.15, -0.1) is 0 Å². The second kappa shape index (κ2) is 13.8. The van der Waals surface area contributed by atoms with Crippen LogP contribution >= 0.6 is 0 Å². The lowest BCUT2D eigenvalue weighted by Crippen LogP contribution is -2.55. The molecule has 2 aromatic carbocycles. The Hall–Kier alpha value is -4.32. The van der Waals surface area contributed by atoms with E-state index in [1.165, 1.54) is 13.0 Å². The van der Waals surface area contributed by atoms with Crippen molar-refractivity contribution in [3.63, 3.8) is 0 Å². The average molecular weight is 529 g/mol. The minimum Gasteiger partial charge on any atom is -0.497 e. The van der Waals surface area contributed by atoms with Crippen molar-refractivity contribution in [3.8, 4) is 17.2 Å². The molecular weight excluding hydrogens is 496 g/mol. The molecule has 0 saturated carbocycles. The van der Waals surface area contributed by atoms with E-state index in [0.29, 0.717) is 11.5 Å². The lowest BCUT2D eigenvalue weighted by molar-refractivity contribution is -0.133. The molecule has 204 valence electrons. The van der Waals surface area contributed by atoms with Gasteiger partial charge in [-0.25, -0.2) is 0 Å². The summed E-state index contributed by atoms with van der Waals surface area (Å²) in [7, 11) is 1.56. The Morgan fingerprint density at radius 1 is 1.11 bits per heavy atom. The van der Waals surface area contributed by atoms with E-state index in [4.69, 9.17) is 14.2 Å². The fourth-order valence-corrected chi connectivity index (χ4v) is 3.63. The van der Waals surface area contributed by atoms with Crippen LogP contribution < -0.4 is 35.5 Å². The van der Waals surface area contributed by atoms with Crippen LogP contribution in [0.15, 0.2) is 48.5 Å². The van der Waals surface area contributed by atoms with E-state index in [9.17, 15) is 24.3 Å². The third-order valence-electron chi connectivity index (χ3n) is 5.61. The zero-order chi connectivity index (χ0) is 27.5. The maximum Gasteiger partial charge on any atom is 0.255 e. The van der Waals surface area contributed by atoms with E-state index in [1.807, 2.05) is 0 Å². The number of rotatable bonds is 7. The second-order valence-electron chi connectivity index (χ2n) is 8.47. The molecule has 3 atom stereocenters. The number of ether oxygens (including phenoxy) is 3. The number of benzene rings is 2. The molecule has 0 radical (unpaired) electrons. The van der Waals surface area contributed by atoms with Gasteiger partial charge < -0.3 is 40.6 Å². The highest BCUT2D eigenvalue weighted by Crippen LogP contribution is 2.19. The standard InChI is InChI=1S/C26H32N4O8/c1-16(31)23-26(35)28-12-14-38-21-6-4-3-5-19(21)24(33)29-20(15-22(32)30-23)25(34)27-11-13-37-18-9-7-17(36-2)8-10-18/h3-10,16,20,23,31H,11-15H2,1-2H3,(H,27,34)(H,28,35)(H,29,33)(H,30,32)/t16-,20+,23+/m1/s1. The van der Waals surface area contributed by atoms with Gasteiger partial charge >= 0.3 is 0 Å². The summed E-state index contributed by atoms with van der Waals surface area (Å²) in [5, 5.41) is 20.2. The van der Waals surface area contributed by atoms with Gasteiger partial charge in [0.2, 0.25) is 17.7 Å². The van der Waals surface area contributed by atoms with Crippen LogP contribution in [0, 0.1) is 0 Å². The Labute approximate surface area is 220 Å². The highest BCUT2D eigenvalue weighted by molar-refractivity contribution is 6.01. The molecule has 12 heteroatoms. The van der Waals surface area contributed by atoms with Gasteiger partial charge in [-0.2, -0.15) is 0 Å². The van der Waals surface area contributed by atoms with Crippen molar-refractivity contribution in [1.82, 2.24) is 21.3 Å². The van der Waals surface area contributed by atoms with Crippen LogP contribution in [-0.4, -0.2) is 80.3 Å². The molecule has 0 aliphatic carbocycles. The van der Waals surface area contributed by atoms with E-state index in [0.717, 1.165) is 0 Å². The first-order valence-electron chi connectivity index (χ1n) is 12.1. The van der Waals surface area contributed by atoms with Crippen molar-refractivity contribution >= 4 is 23.6 Å². The summed E-state index contributed by atoms with van der Waals surface area (Å²) in [6.45, 7) is 1.70. The second-order valence-corrected chi connectivity index (χ2v) is 8.47. The van der Waals surface area contributed by atoms with Gasteiger partial charge in [0.1, 0.15) is 42.5 Å². The first-order chi connectivity index (χ1) is 18.3. The van der Waals surface area contributed by atoms with Crippen molar-refractivity contribution in [2.45, 2.75) is 31.5 Å². The fraction of sp³-hybridized carbons (Fsp3) is 0.385. The summed E-state index contributed by atoms with van der Waals surface area (Å²) in [6, 6.07) is 10.8. The molecule has 0 unspecified atom stereocenters. The summed E-state index contributed by atoms with van der Waals surface area (Å²) >= 11 is 0. The fourth-order valence-electron chi connectivity index (χ4n) is 3.63. The largest absolute Gasteiger partial charge is 0.497 e. The predicted molar refractivity (Wildman–Crippen MR) is 136 cm³/mol. The SMILES string of the molecule is COc1ccc(OCCNC(=O)[C@@H]2CC(=O)N[C@@H]([C@@H](C)O)C(=O)NCCOc3ccccc3C(=O)N2)cc1. The highest BCUT2D eigenvalue weighted by atomic mass is 16.5. The number of para-hydroxylation sites is 1. The number of aliphatic hydroxyl groups is 1. The van der Waals surface area contributed by atoms with Gasteiger partial charge in [-0.05, 0) is 43.3 Å². The van der Waals surface area contributed by atoms with Crippen LogP contribution in [0.4, 0.5) is 0 Å². The van der Waals surface area contributed by atoms with Crippen molar-refractivity contribution in [1.29, 1.82) is 0 Å². The van der Waals surface area contributed by atoms with Gasteiger partial charge in [-0.3, -0.25) is 19.2 Å². The number of fused-ring (bicyclic) bond motifs is 1. The van der Waals surface area contributed by atoms with E-state index in [1.54, 1.807) is 49.6 Å². The molecule has 0 aromatic heterocycles. The van der Waals surface area contributed by atoms with Crippen molar-refractivity contribution in [2.75, 3.05) is 33.4 Å². The lowest BCUT2D eigenvalue weighted by atomic mass is 10.1. The van der Waals surface area contributed by atoms with Crippen LogP contribution in [-0.2, 0) is 14.4 Å². The molecular formula is C26H32N4O8. The normalized spacial score (nSPS) is 19.3. The first-order valence-corrected chi connectivity index (χ1v) is 12.1. The molecule has 12 nitrogen and oxygen atoms in total. The topological polar surface area (TPSA) is 164 Å². The summed E-state index contributed by atoms with van der Waals surface area (Å²) in [5.74, 6) is -1.06. The summed E-state index contributed by atoms with van der Waals surface area (Å²) in [5.41, 5.74) is 0.166. The molecule has 0 saturated heterocycles. The third-order valence-corrected chi connectivity index (χ3v) is 5.61. The quantitative estimate of drug-likeness (QED) is 0.307. The van der Waals surface area contributed by atoms with Crippen LogP contribution in [0.5, 0.6) is 17.2 Å². The van der Waals surface area contributed by atoms with Crippen LogP contribution in [0.2, 0.25) is 0 Å². The Kier molecular flexibility index (Phi) is 10.3. The molecule has 4 amide bonds. The minimum atomic E-state index is -1.28. The van der Waals surface area contributed by atoms with E-state index in [2.05, 4.69) is 21.3 Å². The number of amides is 4. The highest BCUT2D eigenvalue weighted by Gasteiger charge is 2.30. The summed E-state index contributed by atoms with van der Waals surface area (Å²) in [4.78, 5) is 51.3. The first kappa shape index (κ1) is 28.3. The molecule has 1 aliphatic heterocycles. The van der Waals surface area contributed by atoms with Gasteiger partial charge in [0.25, 0.3) is 5.91 Å². The molecule has 38 heavy (non-hydrogen) atoms. The summed E-state index contributed by atoms with van der Waals surface area (Å²) < 4.78 is 16.3. The maximum absolute atomic E-state index is 13.0. The zero-order valence-corrected chi connectivity index (χ0v) is 21.2. The number of hydrogen-bond acceptors (Lipinski definition) is 8. The number of carbonyl (C=O) groups excluding carboxylic acids is 4. The van der Waals surface area contributed by atoms with Gasteiger partial charge in [0.05, 0.1) is 38.3 Å². The van der Waals surface area contributed by atoms with Gasteiger partial charge in [0, 0.05) is 0 Å². The number of aliphatic hydroxyl groups excluding tert-OH is 1. The molecule has 2 aromatic rings. The average Bonchev–Trinajstić information content (AvgIpc) is 2.91. The predicted octanol–water partition coefficient (Wildman–Crippen LogP) is -0.247. The maximum atomic E-state index is 13.0. The molecule has 0 fully saturated rings. The molecule has 3 rings (SSSR count). The number of carbonyl (C=O) groups is 4.